The highest BCUT2D eigenvalue weighted by atomic mass is 19.4. The van der Waals surface area contributed by atoms with Gasteiger partial charge in [0.25, 0.3) is 0 Å². The molecule has 0 unspecified atom stereocenters. The number of aromatic nitrogens is 2. The van der Waals surface area contributed by atoms with Gasteiger partial charge in [0.1, 0.15) is 12.4 Å². The molecule has 5 heteroatoms. The van der Waals surface area contributed by atoms with Crippen molar-refractivity contribution in [2.24, 2.45) is 0 Å². The Morgan fingerprint density at radius 2 is 2.18 bits per heavy atom. The normalized spacial score (nSPS) is 12.0. The van der Waals surface area contributed by atoms with Gasteiger partial charge in [-0.05, 0) is 6.92 Å². The summed E-state index contributed by atoms with van der Waals surface area (Å²) in [6.45, 7) is 0.574. The molecule has 0 aromatic carbocycles. The smallest absolute Gasteiger partial charge is 0.326 e. The summed E-state index contributed by atoms with van der Waals surface area (Å²) in [6.07, 6.45) is -1.50. The Morgan fingerprint density at radius 3 is 2.55 bits per heavy atom. The fraction of sp³-hybridized carbons (Fsp3) is 0.500. The highest BCUT2D eigenvalue weighted by molar-refractivity contribution is 4.88. The number of halogens is 3. The zero-order valence-corrected chi connectivity index (χ0v) is 5.89. The lowest BCUT2D eigenvalue weighted by molar-refractivity contribution is -0.140. The number of aryl methyl sites for hydroxylation is 1. The summed E-state index contributed by atoms with van der Waals surface area (Å²) in [5.41, 5.74) is 0. The highest BCUT2D eigenvalue weighted by Crippen LogP contribution is 2.17. The van der Waals surface area contributed by atoms with E-state index in [9.17, 15) is 13.2 Å². The minimum Gasteiger partial charge on any atom is -0.326 e. The van der Waals surface area contributed by atoms with E-state index in [-0.39, 0.29) is 0 Å². The summed E-state index contributed by atoms with van der Waals surface area (Å²) in [5, 5.41) is 0. The third kappa shape index (κ3) is 2.25. The van der Waals surface area contributed by atoms with E-state index in [2.05, 4.69) is 4.98 Å². The Hall–Kier alpha value is -1.00. The first-order valence-corrected chi connectivity index (χ1v) is 3.03. The van der Waals surface area contributed by atoms with Gasteiger partial charge in [-0.25, -0.2) is 4.98 Å². The average molecular weight is 164 g/mol. The van der Waals surface area contributed by atoms with Crippen LogP contribution in [0.4, 0.5) is 13.2 Å². The molecule has 0 radical (unpaired) electrons. The molecule has 11 heavy (non-hydrogen) atoms. The quantitative estimate of drug-likeness (QED) is 0.618. The number of hydrogen-bond acceptors (Lipinski definition) is 1. The number of imidazole rings is 1. The lowest BCUT2D eigenvalue weighted by Gasteiger charge is -2.07. The van der Waals surface area contributed by atoms with Gasteiger partial charge in [0.05, 0.1) is 0 Å². The van der Waals surface area contributed by atoms with Crippen molar-refractivity contribution in [1.82, 2.24) is 9.55 Å². The van der Waals surface area contributed by atoms with Gasteiger partial charge in [0, 0.05) is 12.4 Å². The van der Waals surface area contributed by atoms with E-state index >= 15 is 0 Å². The summed E-state index contributed by atoms with van der Waals surface area (Å²) < 4.78 is 36.3. The minimum absolute atomic E-state index is 0.377. The maximum atomic E-state index is 11.8. The summed E-state index contributed by atoms with van der Waals surface area (Å²) >= 11 is 0. The monoisotopic (exact) mass is 164 g/mol. The molecule has 62 valence electrons. The first-order chi connectivity index (χ1) is 4.99. The third-order valence-electron chi connectivity index (χ3n) is 1.27. The fourth-order valence-electron chi connectivity index (χ4n) is 0.764. The molecule has 0 spiro atoms. The molecule has 0 aliphatic rings. The van der Waals surface area contributed by atoms with Crippen molar-refractivity contribution in [1.29, 1.82) is 0 Å². The predicted molar refractivity (Wildman–Crippen MR) is 33.0 cm³/mol. The molecule has 0 aliphatic heterocycles. The van der Waals surface area contributed by atoms with Gasteiger partial charge in [0.15, 0.2) is 0 Å². The van der Waals surface area contributed by atoms with Gasteiger partial charge in [-0.1, -0.05) is 0 Å². The Kier molecular flexibility index (Phi) is 1.89. The first-order valence-electron chi connectivity index (χ1n) is 3.03. The molecular formula is C6H7F3N2. The lowest BCUT2D eigenvalue weighted by Crippen LogP contribution is -2.17. The van der Waals surface area contributed by atoms with Gasteiger partial charge in [0.2, 0.25) is 0 Å². The molecule has 0 saturated carbocycles. The molecule has 0 amide bonds. The van der Waals surface area contributed by atoms with E-state index in [0.717, 1.165) is 4.57 Å². The molecule has 0 fully saturated rings. The second-order valence-electron chi connectivity index (χ2n) is 2.22. The Bertz CT molecular complexity index is 238. The molecular weight excluding hydrogens is 157 g/mol. The van der Waals surface area contributed by atoms with Crippen molar-refractivity contribution in [2.75, 3.05) is 0 Å². The fourth-order valence-corrected chi connectivity index (χ4v) is 0.764. The second-order valence-corrected chi connectivity index (χ2v) is 2.22. The Labute approximate surface area is 61.7 Å². The molecule has 0 N–H and O–H groups in total. The third-order valence-corrected chi connectivity index (χ3v) is 1.27. The van der Waals surface area contributed by atoms with Crippen LogP contribution in [-0.4, -0.2) is 15.7 Å². The SMILES string of the molecule is Cc1nccn1CC(F)(F)F. The van der Waals surface area contributed by atoms with Crippen LogP contribution in [0, 0.1) is 6.92 Å². The van der Waals surface area contributed by atoms with Crippen LogP contribution >= 0.6 is 0 Å². The molecule has 0 saturated heterocycles. The summed E-state index contributed by atoms with van der Waals surface area (Å²) in [7, 11) is 0. The second kappa shape index (κ2) is 2.56. The van der Waals surface area contributed by atoms with E-state index in [1.54, 1.807) is 0 Å². The van der Waals surface area contributed by atoms with Crippen molar-refractivity contribution >= 4 is 0 Å². The van der Waals surface area contributed by atoms with Crippen LogP contribution in [0.5, 0.6) is 0 Å². The van der Waals surface area contributed by atoms with E-state index in [4.69, 9.17) is 0 Å². The van der Waals surface area contributed by atoms with Crippen LogP contribution in [0.15, 0.2) is 12.4 Å². The first kappa shape index (κ1) is 8.10. The molecule has 1 heterocycles. The van der Waals surface area contributed by atoms with Crippen molar-refractivity contribution in [3.8, 4) is 0 Å². The topological polar surface area (TPSA) is 17.8 Å². The van der Waals surface area contributed by atoms with Crippen LogP contribution in [0.2, 0.25) is 0 Å². The average Bonchev–Trinajstić information content (AvgIpc) is 2.12. The summed E-state index contributed by atoms with van der Waals surface area (Å²) in [6, 6.07) is 0. The van der Waals surface area contributed by atoms with Gasteiger partial charge in [-0.3, -0.25) is 0 Å². The zero-order chi connectivity index (χ0) is 8.48. The number of rotatable bonds is 1. The van der Waals surface area contributed by atoms with Crippen molar-refractivity contribution in [2.45, 2.75) is 19.6 Å². The van der Waals surface area contributed by atoms with E-state index < -0.39 is 12.7 Å². The largest absolute Gasteiger partial charge is 0.406 e. The molecule has 2 nitrogen and oxygen atoms in total. The zero-order valence-electron chi connectivity index (χ0n) is 5.89. The van der Waals surface area contributed by atoms with Crippen LogP contribution in [0.3, 0.4) is 0 Å². The molecule has 0 bridgehead atoms. The number of alkyl halides is 3. The maximum absolute atomic E-state index is 11.8. The molecule has 1 aromatic heterocycles. The van der Waals surface area contributed by atoms with Crippen LogP contribution in [0.25, 0.3) is 0 Å². The standard InChI is InChI=1S/C6H7F3N2/c1-5-10-2-3-11(5)4-6(7,8)9/h2-3H,4H2,1H3. The highest BCUT2D eigenvalue weighted by Gasteiger charge is 2.28. The maximum Gasteiger partial charge on any atom is 0.406 e. The van der Waals surface area contributed by atoms with Crippen LogP contribution in [0.1, 0.15) is 5.82 Å². The van der Waals surface area contributed by atoms with Crippen molar-refractivity contribution in [3.63, 3.8) is 0 Å². The van der Waals surface area contributed by atoms with Gasteiger partial charge >= 0.3 is 6.18 Å². The molecule has 1 aromatic rings. The lowest BCUT2D eigenvalue weighted by atomic mass is 10.6. The predicted octanol–water partition coefficient (Wildman–Crippen LogP) is 1.75. The molecule has 0 aliphatic carbocycles. The summed E-state index contributed by atoms with van der Waals surface area (Å²) in [4.78, 5) is 3.66. The Morgan fingerprint density at radius 1 is 1.55 bits per heavy atom. The van der Waals surface area contributed by atoms with E-state index in [1.807, 2.05) is 0 Å². The van der Waals surface area contributed by atoms with Crippen LogP contribution in [-0.2, 0) is 6.54 Å². The van der Waals surface area contributed by atoms with Crippen molar-refractivity contribution < 1.29 is 13.2 Å². The number of hydrogen-bond donors (Lipinski definition) is 0. The number of nitrogens with zero attached hydrogens (tertiary/aromatic N) is 2. The van der Waals surface area contributed by atoms with Crippen molar-refractivity contribution in [3.05, 3.63) is 18.2 Å². The van der Waals surface area contributed by atoms with Gasteiger partial charge in [-0.15, -0.1) is 0 Å². The van der Waals surface area contributed by atoms with Crippen LogP contribution < -0.4 is 0 Å². The van der Waals surface area contributed by atoms with Gasteiger partial charge in [-0.2, -0.15) is 13.2 Å². The minimum atomic E-state index is -4.16. The molecule has 1 rings (SSSR count). The van der Waals surface area contributed by atoms with E-state index in [1.165, 1.54) is 19.3 Å². The molecule has 0 atom stereocenters. The van der Waals surface area contributed by atoms with E-state index in [0.29, 0.717) is 5.82 Å². The van der Waals surface area contributed by atoms with Gasteiger partial charge < -0.3 is 4.57 Å². The Balaban J connectivity index is 2.72. The summed E-state index contributed by atoms with van der Waals surface area (Å²) in [5.74, 6) is 0.377.